The highest BCUT2D eigenvalue weighted by molar-refractivity contribution is 5.35. The first-order valence-corrected chi connectivity index (χ1v) is 6.83. The molecule has 2 aromatic carbocycles. The minimum atomic E-state index is -0.505. The maximum atomic E-state index is 11.7. The van der Waals surface area contributed by atoms with Crippen molar-refractivity contribution in [1.29, 1.82) is 0 Å². The van der Waals surface area contributed by atoms with Crippen molar-refractivity contribution in [2.75, 3.05) is 0 Å². The van der Waals surface area contributed by atoms with Crippen LogP contribution in [0.2, 0.25) is 0 Å². The van der Waals surface area contributed by atoms with Crippen LogP contribution in [0.4, 0.5) is 0 Å². The molecule has 5 nitrogen and oxygen atoms in total. The summed E-state index contributed by atoms with van der Waals surface area (Å²) in [5.74, 6) is 1.45. The van der Waals surface area contributed by atoms with Crippen molar-refractivity contribution in [3.8, 4) is 11.5 Å². The van der Waals surface area contributed by atoms with Gasteiger partial charge in [-0.15, -0.1) is 0 Å². The number of ether oxygens (including phenoxy) is 1. The van der Waals surface area contributed by atoms with Crippen molar-refractivity contribution in [2.45, 2.75) is 6.42 Å². The highest BCUT2D eigenvalue weighted by Gasteiger charge is 2.04. The Labute approximate surface area is 126 Å². The second-order valence-electron chi connectivity index (χ2n) is 4.84. The smallest absolute Gasteiger partial charge is 0.325 e. The van der Waals surface area contributed by atoms with Crippen LogP contribution in [0.15, 0.2) is 70.4 Å². The first kappa shape index (κ1) is 13.9. The summed E-state index contributed by atoms with van der Waals surface area (Å²) in [5, 5.41) is 0. The molecule has 1 heterocycles. The van der Waals surface area contributed by atoms with Gasteiger partial charge in [-0.05, 0) is 29.8 Å². The molecule has 0 bridgehead atoms. The summed E-state index contributed by atoms with van der Waals surface area (Å²) in [6.07, 6.45) is 1.85. The minimum Gasteiger partial charge on any atom is -0.457 e. The van der Waals surface area contributed by atoms with Crippen LogP contribution >= 0.6 is 0 Å². The second kappa shape index (κ2) is 6.13. The lowest BCUT2D eigenvalue weighted by atomic mass is 10.1. The van der Waals surface area contributed by atoms with Crippen molar-refractivity contribution in [3.63, 3.8) is 0 Å². The van der Waals surface area contributed by atoms with Gasteiger partial charge in [0.1, 0.15) is 11.5 Å². The predicted molar refractivity (Wildman–Crippen MR) is 83.4 cm³/mol. The van der Waals surface area contributed by atoms with E-state index >= 15 is 0 Å². The Morgan fingerprint density at radius 3 is 2.45 bits per heavy atom. The van der Waals surface area contributed by atoms with Crippen LogP contribution in [-0.4, -0.2) is 9.97 Å². The topological polar surface area (TPSA) is 75.0 Å². The van der Waals surface area contributed by atoms with Gasteiger partial charge in [0.15, 0.2) is 0 Å². The maximum absolute atomic E-state index is 11.7. The number of H-pyrrole nitrogens is 2. The van der Waals surface area contributed by atoms with E-state index in [1.165, 1.54) is 6.20 Å². The molecule has 0 amide bonds. The number of aromatic amines is 2. The van der Waals surface area contributed by atoms with E-state index in [9.17, 15) is 9.59 Å². The molecule has 3 aromatic rings. The molecule has 0 unspecified atom stereocenters. The number of para-hydroxylation sites is 1. The minimum absolute atomic E-state index is 0.377. The van der Waals surface area contributed by atoms with Crippen LogP contribution in [-0.2, 0) is 6.42 Å². The van der Waals surface area contributed by atoms with Gasteiger partial charge in [0, 0.05) is 18.2 Å². The number of aromatic nitrogens is 2. The average molecular weight is 294 g/mol. The molecule has 2 N–H and O–H groups in total. The van der Waals surface area contributed by atoms with Crippen molar-refractivity contribution in [2.24, 2.45) is 0 Å². The number of nitrogens with one attached hydrogen (secondary N) is 2. The molecule has 0 aliphatic rings. The molecule has 0 radical (unpaired) electrons. The molecular formula is C17H14N2O3. The lowest BCUT2D eigenvalue weighted by Gasteiger charge is -2.07. The first-order valence-electron chi connectivity index (χ1n) is 6.83. The zero-order valence-electron chi connectivity index (χ0n) is 11.7. The first-order chi connectivity index (χ1) is 10.7. The highest BCUT2D eigenvalue weighted by Crippen LogP contribution is 2.22. The summed E-state index contributed by atoms with van der Waals surface area (Å²) < 4.78 is 5.76. The van der Waals surface area contributed by atoms with Crippen molar-refractivity contribution >= 4 is 0 Å². The second-order valence-corrected chi connectivity index (χ2v) is 4.84. The van der Waals surface area contributed by atoms with E-state index in [0.29, 0.717) is 17.7 Å². The Balaban J connectivity index is 1.82. The van der Waals surface area contributed by atoms with Crippen LogP contribution < -0.4 is 16.0 Å². The summed E-state index contributed by atoms with van der Waals surface area (Å²) >= 11 is 0. The fourth-order valence-corrected chi connectivity index (χ4v) is 2.13. The number of hydrogen-bond acceptors (Lipinski definition) is 3. The van der Waals surface area contributed by atoms with Crippen molar-refractivity contribution < 1.29 is 4.74 Å². The summed E-state index contributed by atoms with van der Waals surface area (Å²) in [6.45, 7) is 0. The zero-order valence-corrected chi connectivity index (χ0v) is 11.7. The molecule has 0 aliphatic heterocycles. The lowest BCUT2D eigenvalue weighted by molar-refractivity contribution is 0.482. The van der Waals surface area contributed by atoms with Gasteiger partial charge < -0.3 is 9.72 Å². The van der Waals surface area contributed by atoms with Gasteiger partial charge in [-0.1, -0.05) is 30.3 Å². The Morgan fingerprint density at radius 1 is 0.909 bits per heavy atom. The van der Waals surface area contributed by atoms with Gasteiger partial charge in [-0.3, -0.25) is 9.78 Å². The summed E-state index contributed by atoms with van der Waals surface area (Å²) in [7, 11) is 0. The molecule has 3 rings (SSSR count). The molecule has 0 fully saturated rings. The van der Waals surface area contributed by atoms with E-state index in [2.05, 4.69) is 9.97 Å². The normalized spacial score (nSPS) is 10.4. The quantitative estimate of drug-likeness (QED) is 0.776. The van der Waals surface area contributed by atoms with Gasteiger partial charge in [0.05, 0.1) is 0 Å². The van der Waals surface area contributed by atoms with Gasteiger partial charge in [0.2, 0.25) is 0 Å². The number of hydrogen-bond donors (Lipinski definition) is 2. The molecule has 22 heavy (non-hydrogen) atoms. The predicted octanol–water partition coefficient (Wildman–Crippen LogP) is 2.45. The van der Waals surface area contributed by atoms with E-state index in [4.69, 9.17) is 4.74 Å². The van der Waals surface area contributed by atoms with Crippen LogP contribution in [0.5, 0.6) is 11.5 Å². The molecule has 0 saturated carbocycles. The van der Waals surface area contributed by atoms with Gasteiger partial charge in [-0.25, -0.2) is 4.79 Å². The molecule has 0 saturated heterocycles. The summed E-state index contributed by atoms with van der Waals surface area (Å²) in [4.78, 5) is 27.4. The van der Waals surface area contributed by atoms with Crippen molar-refractivity contribution in [1.82, 2.24) is 9.97 Å². The highest BCUT2D eigenvalue weighted by atomic mass is 16.5. The van der Waals surface area contributed by atoms with Crippen LogP contribution in [0.25, 0.3) is 0 Å². The van der Waals surface area contributed by atoms with Gasteiger partial charge >= 0.3 is 5.69 Å². The third-order valence-electron chi connectivity index (χ3n) is 3.17. The average Bonchev–Trinajstić information content (AvgIpc) is 2.52. The number of rotatable bonds is 4. The van der Waals surface area contributed by atoms with Gasteiger partial charge in [-0.2, -0.15) is 0 Å². The lowest BCUT2D eigenvalue weighted by Crippen LogP contribution is -2.24. The van der Waals surface area contributed by atoms with E-state index < -0.39 is 5.69 Å². The Hall–Kier alpha value is -3.08. The third-order valence-corrected chi connectivity index (χ3v) is 3.17. The monoisotopic (exact) mass is 294 g/mol. The fourth-order valence-electron chi connectivity index (χ4n) is 2.13. The van der Waals surface area contributed by atoms with E-state index in [1.807, 2.05) is 54.6 Å². The summed E-state index contributed by atoms with van der Waals surface area (Å²) in [5.41, 5.74) is 0.537. The molecule has 5 heteroatoms. The van der Waals surface area contributed by atoms with E-state index in [1.54, 1.807) is 0 Å². The molecule has 110 valence electrons. The van der Waals surface area contributed by atoms with E-state index in [0.717, 1.165) is 11.3 Å². The largest absolute Gasteiger partial charge is 0.457 e. The van der Waals surface area contributed by atoms with E-state index in [-0.39, 0.29) is 5.56 Å². The Bertz CT molecular complexity index is 882. The Kier molecular flexibility index (Phi) is 3.87. The maximum Gasteiger partial charge on any atom is 0.325 e. The van der Waals surface area contributed by atoms with Gasteiger partial charge in [0.25, 0.3) is 5.56 Å². The van der Waals surface area contributed by atoms with Crippen LogP contribution in [0, 0.1) is 0 Å². The number of benzene rings is 2. The molecule has 0 atom stereocenters. The van der Waals surface area contributed by atoms with Crippen molar-refractivity contribution in [3.05, 3.63) is 92.8 Å². The zero-order chi connectivity index (χ0) is 15.4. The standard InChI is InChI=1S/C17H14N2O3/c20-16-13(11-18-17(21)19-16)9-12-5-4-8-15(10-12)22-14-6-2-1-3-7-14/h1-8,10-11H,9H2,(H2,18,19,20,21). The van der Waals surface area contributed by atoms with Crippen LogP contribution in [0.1, 0.15) is 11.1 Å². The SMILES string of the molecule is O=c1[nH]cc(Cc2cccc(Oc3ccccc3)c2)c(=O)[nH]1. The molecular weight excluding hydrogens is 280 g/mol. The molecule has 0 aliphatic carbocycles. The third kappa shape index (κ3) is 3.32. The summed E-state index contributed by atoms with van der Waals surface area (Å²) in [6, 6.07) is 17.0. The van der Waals surface area contributed by atoms with Crippen LogP contribution in [0.3, 0.4) is 0 Å². The Morgan fingerprint density at radius 2 is 1.68 bits per heavy atom. The molecule has 0 spiro atoms. The molecule has 1 aromatic heterocycles. The fraction of sp³-hybridized carbons (Fsp3) is 0.0588.